The van der Waals surface area contributed by atoms with Crippen molar-refractivity contribution in [2.24, 2.45) is 5.92 Å². The summed E-state index contributed by atoms with van der Waals surface area (Å²) in [5.41, 5.74) is -0.255. The van der Waals surface area contributed by atoms with Crippen molar-refractivity contribution >= 4 is 5.91 Å². The smallest absolute Gasteiger partial charge is 0.346 e. The molecular weight excluding hydrogens is 324 g/mol. The van der Waals surface area contributed by atoms with E-state index in [4.69, 9.17) is 9.47 Å². The van der Waals surface area contributed by atoms with Gasteiger partial charge in [0.2, 0.25) is 5.91 Å². The fourth-order valence-corrected chi connectivity index (χ4v) is 3.50. The van der Waals surface area contributed by atoms with Gasteiger partial charge in [0.05, 0.1) is 0 Å². The van der Waals surface area contributed by atoms with Crippen LogP contribution in [0.5, 0.6) is 0 Å². The Kier molecular flexibility index (Phi) is 5.58. The highest BCUT2D eigenvalue weighted by molar-refractivity contribution is 5.75. The van der Waals surface area contributed by atoms with Crippen molar-refractivity contribution in [2.75, 3.05) is 19.8 Å². The van der Waals surface area contributed by atoms with Crippen molar-refractivity contribution in [3.8, 4) is 0 Å². The number of carbonyl (C=O) groups is 1. The van der Waals surface area contributed by atoms with Crippen LogP contribution in [0.3, 0.4) is 0 Å². The molecule has 3 heterocycles. The van der Waals surface area contributed by atoms with Crippen molar-refractivity contribution in [2.45, 2.75) is 64.8 Å². The summed E-state index contributed by atoms with van der Waals surface area (Å²) >= 11 is 0. The first kappa shape index (κ1) is 18.1. The van der Waals surface area contributed by atoms with E-state index in [1.54, 1.807) is 4.57 Å². The lowest BCUT2D eigenvalue weighted by Crippen LogP contribution is -2.42. The topological polar surface area (TPSA) is 87.4 Å². The molecule has 2 saturated heterocycles. The molecule has 0 unspecified atom stereocenters. The van der Waals surface area contributed by atoms with E-state index in [-0.39, 0.29) is 36.3 Å². The van der Waals surface area contributed by atoms with Crippen LogP contribution in [0, 0.1) is 5.92 Å². The highest BCUT2D eigenvalue weighted by Gasteiger charge is 2.33. The second kappa shape index (κ2) is 7.70. The molecule has 3 rings (SSSR count). The minimum absolute atomic E-state index is 0.0359. The average molecular weight is 352 g/mol. The third kappa shape index (κ3) is 3.95. The average Bonchev–Trinajstić information content (AvgIpc) is 3.12. The zero-order valence-corrected chi connectivity index (χ0v) is 15.2. The number of hydrogen-bond donors (Lipinski definition) is 1. The number of ether oxygens (including phenoxy) is 2. The summed E-state index contributed by atoms with van der Waals surface area (Å²) in [6, 6.07) is 0.0769. The highest BCUT2D eigenvalue weighted by atomic mass is 16.5. The van der Waals surface area contributed by atoms with Crippen molar-refractivity contribution in [1.29, 1.82) is 0 Å². The lowest BCUT2D eigenvalue weighted by molar-refractivity contribution is -0.123. The Morgan fingerprint density at radius 2 is 2.00 bits per heavy atom. The number of carbonyl (C=O) groups excluding carboxylic acids is 1. The molecule has 1 aromatic rings. The largest absolute Gasteiger partial charge is 0.381 e. The van der Waals surface area contributed by atoms with E-state index in [0.717, 1.165) is 19.3 Å². The number of aromatic nitrogens is 3. The van der Waals surface area contributed by atoms with Gasteiger partial charge in [0.25, 0.3) is 0 Å². The van der Waals surface area contributed by atoms with Gasteiger partial charge in [-0.2, -0.15) is 5.10 Å². The molecule has 0 spiro atoms. The summed E-state index contributed by atoms with van der Waals surface area (Å²) in [6.45, 7) is 7.92. The predicted octanol–water partition coefficient (Wildman–Crippen LogP) is 1.02. The van der Waals surface area contributed by atoms with Crippen molar-refractivity contribution in [1.82, 2.24) is 19.7 Å². The Balaban J connectivity index is 1.77. The Hall–Kier alpha value is -1.67. The van der Waals surface area contributed by atoms with Crippen molar-refractivity contribution in [3.63, 3.8) is 0 Å². The molecular formula is C17H28N4O4. The molecule has 1 N–H and O–H groups in total. The van der Waals surface area contributed by atoms with Gasteiger partial charge >= 0.3 is 5.69 Å². The minimum Gasteiger partial charge on any atom is -0.381 e. The molecule has 2 aliphatic rings. The van der Waals surface area contributed by atoms with Gasteiger partial charge in [0.15, 0.2) is 5.82 Å². The van der Waals surface area contributed by atoms with Crippen LogP contribution in [0.2, 0.25) is 0 Å². The number of nitrogens with zero attached hydrogens (tertiary/aromatic N) is 3. The first-order valence-electron chi connectivity index (χ1n) is 9.15. The molecule has 0 radical (unpaired) electrons. The minimum atomic E-state index is -0.255. The summed E-state index contributed by atoms with van der Waals surface area (Å²) in [5.74, 6) is 0.752. The van der Waals surface area contributed by atoms with E-state index < -0.39 is 0 Å². The van der Waals surface area contributed by atoms with Crippen LogP contribution in [0.15, 0.2) is 4.79 Å². The summed E-state index contributed by atoms with van der Waals surface area (Å²) in [7, 11) is 0. The molecule has 0 aromatic carbocycles. The van der Waals surface area contributed by atoms with Crippen LogP contribution in [-0.2, 0) is 20.8 Å². The van der Waals surface area contributed by atoms with Gasteiger partial charge in [-0.3, -0.25) is 9.36 Å². The lowest BCUT2D eigenvalue weighted by Gasteiger charge is -2.22. The number of amides is 1. The Morgan fingerprint density at radius 3 is 2.60 bits per heavy atom. The third-order valence-electron chi connectivity index (χ3n) is 4.93. The summed E-state index contributed by atoms with van der Waals surface area (Å²) in [4.78, 5) is 25.0. The molecule has 0 saturated carbocycles. The molecule has 8 heteroatoms. The van der Waals surface area contributed by atoms with E-state index in [1.807, 2.05) is 13.8 Å². The van der Waals surface area contributed by atoms with Gasteiger partial charge in [0, 0.05) is 31.9 Å². The molecule has 140 valence electrons. The van der Waals surface area contributed by atoms with Gasteiger partial charge < -0.3 is 14.8 Å². The first-order chi connectivity index (χ1) is 12.0. The molecule has 0 bridgehead atoms. The highest BCUT2D eigenvalue weighted by Crippen LogP contribution is 2.33. The molecule has 2 atom stereocenters. The van der Waals surface area contributed by atoms with Crippen LogP contribution in [0.25, 0.3) is 0 Å². The van der Waals surface area contributed by atoms with Gasteiger partial charge in [-0.25, -0.2) is 9.48 Å². The van der Waals surface area contributed by atoms with Crippen LogP contribution < -0.4 is 11.0 Å². The van der Waals surface area contributed by atoms with Gasteiger partial charge in [-0.15, -0.1) is 0 Å². The van der Waals surface area contributed by atoms with Crippen molar-refractivity contribution < 1.29 is 14.3 Å². The quantitative estimate of drug-likeness (QED) is 0.855. The maximum atomic E-state index is 12.7. The normalized spacial score (nSPS) is 24.8. The standard InChI is InChI=1S/C17H28N4O4/c1-11(2)21-16(15-12(3)4-9-25-15)19-20(17(21)23)10-14(22)18-13-5-7-24-8-6-13/h11-13,15H,4-10H2,1-3H3,(H,18,22)/t12-,15+/m1/s1. The zero-order chi connectivity index (χ0) is 18.0. The third-order valence-corrected chi connectivity index (χ3v) is 4.93. The maximum Gasteiger partial charge on any atom is 0.346 e. The Labute approximate surface area is 147 Å². The van der Waals surface area contributed by atoms with Crippen molar-refractivity contribution in [3.05, 3.63) is 16.3 Å². The molecule has 2 fully saturated rings. The molecule has 0 aliphatic carbocycles. The first-order valence-corrected chi connectivity index (χ1v) is 9.15. The van der Waals surface area contributed by atoms with Crippen LogP contribution >= 0.6 is 0 Å². The Bertz CT molecular complexity index is 660. The van der Waals surface area contributed by atoms with Gasteiger partial charge in [-0.1, -0.05) is 6.92 Å². The van der Waals surface area contributed by atoms with E-state index >= 15 is 0 Å². The fraction of sp³-hybridized carbons (Fsp3) is 0.824. The number of hydrogen-bond acceptors (Lipinski definition) is 5. The van der Waals surface area contributed by atoms with E-state index in [9.17, 15) is 9.59 Å². The fourth-order valence-electron chi connectivity index (χ4n) is 3.50. The lowest BCUT2D eigenvalue weighted by atomic mass is 10.0. The monoisotopic (exact) mass is 352 g/mol. The predicted molar refractivity (Wildman–Crippen MR) is 91.3 cm³/mol. The van der Waals surface area contributed by atoms with Gasteiger partial charge in [-0.05, 0) is 39.0 Å². The van der Waals surface area contributed by atoms with Crippen LogP contribution in [-0.4, -0.2) is 46.1 Å². The molecule has 25 heavy (non-hydrogen) atoms. The van der Waals surface area contributed by atoms with E-state index in [0.29, 0.717) is 31.6 Å². The molecule has 8 nitrogen and oxygen atoms in total. The SMILES string of the molecule is CC(C)n1c([C@H]2OCC[C@H]2C)nn(CC(=O)NC2CCOCC2)c1=O. The summed E-state index contributed by atoms with van der Waals surface area (Å²) in [5, 5.41) is 7.42. The molecule has 2 aliphatic heterocycles. The molecule has 1 amide bonds. The number of rotatable bonds is 5. The second-order valence-corrected chi connectivity index (χ2v) is 7.27. The maximum absolute atomic E-state index is 12.7. The van der Waals surface area contributed by atoms with Crippen LogP contribution in [0.4, 0.5) is 0 Å². The Morgan fingerprint density at radius 1 is 1.28 bits per heavy atom. The summed E-state index contributed by atoms with van der Waals surface area (Å²) < 4.78 is 14.0. The van der Waals surface area contributed by atoms with E-state index in [1.165, 1.54) is 4.68 Å². The zero-order valence-electron chi connectivity index (χ0n) is 15.2. The molecule has 1 aromatic heterocycles. The number of nitrogens with one attached hydrogen (secondary N) is 1. The van der Waals surface area contributed by atoms with Gasteiger partial charge in [0.1, 0.15) is 12.6 Å². The second-order valence-electron chi connectivity index (χ2n) is 7.27. The van der Waals surface area contributed by atoms with E-state index in [2.05, 4.69) is 17.3 Å². The summed E-state index contributed by atoms with van der Waals surface area (Å²) in [6.07, 6.45) is 2.38. The van der Waals surface area contributed by atoms with Crippen LogP contribution in [0.1, 0.15) is 58.0 Å².